The van der Waals surface area contributed by atoms with E-state index in [0.29, 0.717) is 42.0 Å². The van der Waals surface area contributed by atoms with Crippen molar-refractivity contribution in [2.24, 2.45) is 0 Å². The molecule has 1 amide bonds. The Labute approximate surface area is 163 Å². The highest BCUT2D eigenvalue weighted by atomic mass is 35.5. The minimum atomic E-state index is 0.0232. The van der Waals surface area contributed by atoms with Crippen molar-refractivity contribution in [2.45, 2.75) is 6.92 Å². The lowest BCUT2D eigenvalue weighted by molar-refractivity contribution is 0.0303. The van der Waals surface area contributed by atoms with Crippen molar-refractivity contribution in [2.75, 3.05) is 36.9 Å². The van der Waals surface area contributed by atoms with E-state index in [1.165, 1.54) is 0 Å². The Kier molecular flexibility index (Phi) is 6.08. The van der Waals surface area contributed by atoms with Gasteiger partial charge in [-0.25, -0.2) is 0 Å². The molecule has 0 unspecified atom stereocenters. The molecule has 136 valence electrons. The molecule has 2 N–H and O–H groups in total. The molecule has 0 bridgehead atoms. The Balaban J connectivity index is 1.61. The second kappa shape index (κ2) is 8.49. The van der Waals surface area contributed by atoms with Crippen LogP contribution in [0.1, 0.15) is 15.9 Å². The van der Waals surface area contributed by atoms with Crippen LogP contribution >= 0.6 is 23.8 Å². The average Bonchev–Trinajstić information content (AvgIpc) is 2.66. The molecule has 0 spiro atoms. The van der Waals surface area contributed by atoms with Crippen LogP contribution in [0.3, 0.4) is 0 Å². The van der Waals surface area contributed by atoms with E-state index in [4.69, 9.17) is 28.6 Å². The molecule has 7 heteroatoms. The van der Waals surface area contributed by atoms with Crippen LogP contribution in [0.15, 0.2) is 42.5 Å². The van der Waals surface area contributed by atoms with Crippen molar-refractivity contribution in [3.05, 3.63) is 58.6 Å². The Hall–Kier alpha value is -2.15. The van der Waals surface area contributed by atoms with Crippen molar-refractivity contribution >= 4 is 46.2 Å². The summed E-state index contributed by atoms with van der Waals surface area (Å²) in [6.45, 7) is 4.37. The predicted octanol–water partition coefficient (Wildman–Crippen LogP) is 3.93. The minimum Gasteiger partial charge on any atom is -0.378 e. The first-order chi connectivity index (χ1) is 12.5. The Morgan fingerprint density at radius 1 is 1.12 bits per heavy atom. The number of carbonyl (C=O) groups excluding carboxylic acids is 1. The average molecular weight is 390 g/mol. The number of carbonyl (C=O) groups is 1. The highest BCUT2D eigenvalue weighted by Crippen LogP contribution is 2.23. The molecule has 0 radical (unpaired) electrons. The van der Waals surface area contributed by atoms with Gasteiger partial charge in [0.25, 0.3) is 5.91 Å². The second-order valence-electron chi connectivity index (χ2n) is 5.97. The van der Waals surface area contributed by atoms with E-state index in [1.54, 1.807) is 17.0 Å². The zero-order valence-electron chi connectivity index (χ0n) is 14.4. The van der Waals surface area contributed by atoms with Gasteiger partial charge in [-0.1, -0.05) is 17.7 Å². The standard InChI is InChI=1S/C19H20ClN3O2S/c1-13-16(20)3-2-4-17(13)22-19(26)21-15-7-5-14(6-8-15)18(24)23-9-11-25-12-10-23/h2-8H,9-12H2,1H3,(H2,21,22,26). The molecule has 0 aromatic heterocycles. The van der Waals surface area contributed by atoms with Crippen LogP contribution in [0.25, 0.3) is 0 Å². The number of hydrogen-bond donors (Lipinski definition) is 2. The van der Waals surface area contributed by atoms with E-state index in [2.05, 4.69) is 10.6 Å². The summed E-state index contributed by atoms with van der Waals surface area (Å²) < 4.78 is 5.28. The number of halogens is 1. The lowest BCUT2D eigenvalue weighted by Gasteiger charge is -2.26. The summed E-state index contributed by atoms with van der Waals surface area (Å²) in [5.41, 5.74) is 3.25. The van der Waals surface area contributed by atoms with Crippen LogP contribution in [0.4, 0.5) is 11.4 Å². The van der Waals surface area contributed by atoms with Crippen molar-refractivity contribution < 1.29 is 9.53 Å². The molecule has 5 nitrogen and oxygen atoms in total. The monoisotopic (exact) mass is 389 g/mol. The smallest absolute Gasteiger partial charge is 0.254 e. The summed E-state index contributed by atoms with van der Waals surface area (Å²) in [6, 6.07) is 12.9. The first-order valence-electron chi connectivity index (χ1n) is 8.35. The van der Waals surface area contributed by atoms with Gasteiger partial charge < -0.3 is 20.3 Å². The fourth-order valence-corrected chi connectivity index (χ4v) is 3.08. The lowest BCUT2D eigenvalue weighted by atomic mass is 10.1. The molecule has 0 aliphatic carbocycles. The number of benzene rings is 2. The molecule has 0 atom stereocenters. The molecular formula is C19H20ClN3O2S. The Morgan fingerprint density at radius 2 is 1.81 bits per heavy atom. The third-order valence-corrected chi connectivity index (χ3v) is 4.82. The SMILES string of the molecule is Cc1c(Cl)cccc1NC(=S)Nc1ccc(C(=O)N2CCOCC2)cc1. The van der Waals surface area contributed by atoms with Crippen molar-refractivity contribution in [1.82, 2.24) is 4.90 Å². The maximum Gasteiger partial charge on any atom is 0.254 e. The van der Waals surface area contributed by atoms with E-state index in [1.807, 2.05) is 37.3 Å². The van der Waals surface area contributed by atoms with Crippen LogP contribution < -0.4 is 10.6 Å². The molecule has 1 fully saturated rings. The molecule has 2 aromatic carbocycles. The van der Waals surface area contributed by atoms with Crippen LogP contribution in [-0.4, -0.2) is 42.2 Å². The maximum absolute atomic E-state index is 12.4. The molecule has 0 saturated carbocycles. The van der Waals surface area contributed by atoms with Crippen LogP contribution in [0.2, 0.25) is 5.02 Å². The third kappa shape index (κ3) is 4.52. The van der Waals surface area contributed by atoms with E-state index < -0.39 is 0 Å². The summed E-state index contributed by atoms with van der Waals surface area (Å²) in [6.07, 6.45) is 0. The number of hydrogen-bond acceptors (Lipinski definition) is 3. The fraction of sp³-hybridized carbons (Fsp3) is 0.263. The molecule has 2 aromatic rings. The fourth-order valence-electron chi connectivity index (χ4n) is 2.67. The Bertz CT molecular complexity index is 805. The zero-order chi connectivity index (χ0) is 18.5. The van der Waals surface area contributed by atoms with Gasteiger partial charge in [0.05, 0.1) is 13.2 Å². The summed E-state index contributed by atoms with van der Waals surface area (Å²) in [5.74, 6) is 0.0232. The Morgan fingerprint density at radius 3 is 2.50 bits per heavy atom. The summed E-state index contributed by atoms with van der Waals surface area (Å²) in [5, 5.41) is 7.40. The van der Waals surface area contributed by atoms with Crippen LogP contribution in [-0.2, 0) is 4.74 Å². The number of rotatable bonds is 3. The van der Waals surface area contributed by atoms with Gasteiger partial charge in [0.2, 0.25) is 0 Å². The van der Waals surface area contributed by atoms with Gasteiger partial charge in [-0.2, -0.15) is 0 Å². The quantitative estimate of drug-likeness (QED) is 0.779. The summed E-state index contributed by atoms with van der Waals surface area (Å²) in [7, 11) is 0. The molecule has 1 aliphatic heterocycles. The number of anilines is 2. The zero-order valence-corrected chi connectivity index (χ0v) is 16.0. The van der Waals surface area contributed by atoms with E-state index in [0.717, 1.165) is 16.9 Å². The van der Waals surface area contributed by atoms with Crippen molar-refractivity contribution in [3.63, 3.8) is 0 Å². The van der Waals surface area contributed by atoms with Gasteiger partial charge in [0.15, 0.2) is 5.11 Å². The number of nitrogens with one attached hydrogen (secondary N) is 2. The van der Waals surface area contributed by atoms with Gasteiger partial charge in [-0.3, -0.25) is 4.79 Å². The number of nitrogens with zero attached hydrogens (tertiary/aromatic N) is 1. The van der Waals surface area contributed by atoms with Crippen LogP contribution in [0.5, 0.6) is 0 Å². The number of thiocarbonyl (C=S) groups is 1. The van der Waals surface area contributed by atoms with Gasteiger partial charge in [0, 0.05) is 35.1 Å². The molecule has 1 saturated heterocycles. The van der Waals surface area contributed by atoms with Crippen LogP contribution in [0, 0.1) is 6.92 Å². The summed E-state index contributed by atoms with van der Waals surface area (Å²) in [4.78, 5) is 14.2. The van der Waals surface area contributed by atoms with Gasteiger partial charge >= 0.3 is 0 Å². The van der Waals surface area contributed by atoms with Crippen molar-refractivity contribution in [1.29, 1.82) is 0 Å². The second-order valence-corrected chi connectivity index (χ2v) is 6.79. The highest BCUT2D eigenvalue weighted by Gasteiger charge is 2.18. The lowest BCUT2D eigenvalue weighted by Crippen LogP contribution is -2.40. The molecule has 3 rings (SSSR count). The number of morpholine rings is 1. The minimum absolute atomic E-state index is 0.0232. The first kappa shape index (κ1) is 18.6. The van der Waals surface area contributed by atoms with E-state index in [9.17, 15) is 4.79 Å². The van der Waals surface area contributed by atoms with E-state index >= 15 is 0 Å². The van der Waals surface area contributed by atoms with Gasteiger partial charge in [-0.05, 0) is 61.1 Å². The van der Waals surface area contributed by atoms with Gasteiger partial charge in [-0.15, -0.1) is 0 Å². The van der Waals surface area contributed by atoms with E-state index in [-0.39, 0.29) is 5.91 Å². The van der Waals surface area contributed by atoms with Crippen molar-refractivity contribution in [3.8, 4) is 0 Å². The van der Waals surface area contributed by atoms with Gasteiger partial charge in [0.1, 0.15) is 0 Å². The maximum atomic E-state index is 12.4. The number of amides is 1. The largest absolute Gasteiger partial charge is 0.378 e. The summed E-state index contributed by atoms with van der Waals surface area (Å²) >= 11 is 11.5. The molecule has 1 heterocycles. The molecule has 26 heavy (non-hydrogen) atoms. The molecular weight excluding hydrogens is 370 g/mol. The highest BCUT2D eigenvalue weighted by molar-refractivity contribution is 7.80. The first-order valence-corrected chi connectivity index (χ1v) is 9.13. The molecule has 1 aliphatic rings. The normalized spacial score (nSPS) is 14.0. The predicted molar refractivity (Wildman–Crippen MR) is 109 cm³/mol. The topological polar surface area (TPSA) is 53.6 Å². The third-order valence-electron chi connectivity index (χ3n) is 4.20. The number of ether oxygens (including phenoxy) is 1.